The smallest absolute Gasteiger partial charge is 0.320 e. The molecule has 0 radical (unpaired) electrons. The van der Waals surface area contributed by atoms with Crippen LogP contribution in [0.4, 0.5) is 5.88 Å². The largest absolute Gasteiger partial charge is 0.480 e. The van der Waals surface area contributed by atoms with Crippen molar-refractivity contribution < 1.29 is 19.2 Å². The predicted octanol–water partition coefficient (Wildman–Crippen LogP) is -0.0158. The maximum absolute atomic E-state index is 11.3. The lowest BCUT2D eigenvalue weighted by atomic mass is 10.3. The van der Waals surface area contributed by atoms with E-state index in [1.807, 2.05) is 0 Å². The number of rotatable bonds is 5. The summed E-state index contributed by atoms with van der Waals surface area (Å²) in [4.78, 5) is 21.7. The van der Waals surface area contributed by atoms with E-state index in [0.717, 1.165) is 0 Å². The summed E-state index contributed by atoms with van der Waals surface area (Å²) in [5.74, 6) is -1.15. The van der Waals surface area contributed by atoms with E-state index in [9.17, 15) is 9.59 Å². The summed E-state index contributed by atoms with van der Waals surface area (Å²) in [5.41, 5.74) is 0.655. The molecule has 0 spiro atoms. The number of aryl methyl sites for hydroxylation is 1. The summed E-state index contributed by atoms with van der Waals surface area (Å²) in [7, 11) is 0. The van der Waals surface area contributed by atoms with Gasteiger partial charge in [0, 0.05) is 6.07 Å². The van der Waals surface area contributed by atoms with Crippen LogP contribution in [0.1, 0.15) is 12.6 Å². The van der Waals surface area contributed by atoms with Crippen molar-refractivity contribution in [2.75, 3.05) is 11.9 Å². The molecule has 0 aliphatic heterocycles. The quantitative estimate of drug-likeness (QED) is 0.653. The molecule has 16 heavy (non-hydrogen) atoms. The van der Waals surface area contributed by atoms with Crippen LogP contribution < -0.4 is 10.6 Å². The van der Waals surface area contributed by atoms with Crippen LogP contribution in [0.5, 0.6) is 0 Å². The number of carbonyl (C=O) groups excluding carboxylic acids is 1. The van der Waals surface area contributed by atoms with Gasteiger partial charge >= 0.3 is 5.97 Å². The minimum absolute atomic E-state index is 0.104. The van der Waals surface area contributed by atoms with Crippen LogP contribution in [0.3, 0.4) is 0 Å². The molecule has 0 aromatic carbocycles. The van der Waals surface area contributed by atoms with Crippen LogP contribution in [0.2, 0.25) is 0 Å². The Morgan fingerprint density at radius 3 is 2.81 bits per heavy atom. The number of hydrogen-bond donors (Lipinski definition) is 3. The minimum Gasteiger partial charge on any atom is -0.480 e. The first kappa shape index (κ1) is 12.2. The molecule has 1 heterocycles. The van der Waals surface area contributed by atoms with E-state index in [1.54, 1.807) is 13.0 Å². The molecule has 7 heteroatoms. The van der Waals surface area contributed by atoms with Crippen LogP contribution in [-0.2, 0) is 9.59 Å². The lowest BCUT2D eigenvalue weighted by Crippen LogP contribution is -2.39. The molecule has 1 amide bonds. The number of nitrogens with zero attached hydrogens (tertiary/aromatic N) is 1. The highest BCUT2D eigenvalue weighted by Gasteiger charge is 2.12. The molecule has 1 atom stereocenters. The second kappa shape index (κ2) is 5.26. The number of aliphatic carboxylic acids is 1. The number of anilines is 1. The molecule has 0 aliphatic rings. The Labute approximate surface area is 91.8 Å². The summed E-state index contributed by atoms with van der Waals surface area (Å²) in [5, 5.41) is 17.1. The van der Waals surface area contributed by atoms with Crippen molar-refractivity contribution in [2.45, 2.75) is 19.9 Å². The van der Waals surface area contributed by atoms with Gasteiger partial charge in [-0.25, -0.2) is 0 Å². The third-order valence-electron chi connectivity index (χ3n) is 1.83. The number of aromatic nitrogens is 1. The Kier molecular flexibility index (Phi) is 4.01. The van der Waals surface area contributed by atoms with Crippen molar-refractivity contribution in [3.8, 4) is 0 Å². The summed E-state index contributed by atoms with van der Waals surface area (Å²) in [6.07, 6.45) is 0. The zero-order chi connectivity index (χ0) is 12.1. The normalized spacial score (nSPS) is 12.1. The lowest BCUT2D eigenvalue weighted by Gasteiger charge is -2.07. The zero-order valence-corrected chi connectivity index (χ0v) is 8.98. The van der Waals surface area contributed by atoms with Gasteiger partial charge in [0.05, 0.1) is 12.2 Å². The molecule has 0 aliphatic carbocycles. The van der Waals surface area contributed by atoms with Crippen LogP contribution in [0.25, 0.3) is 0 Å². The van der Waals surface area contributed by atoms with E-state index in [1.165, 1.54) is 6.92 Å². The van der Waals surface area contributed by atoms with Gasteiger partial charge in [0.15, 0.2) is 0 Å². The van der Waals surface area contributed by atoms with Gasteiger partial charge in [0.1, 0.15) is 6.04 Å². The van der Waals surface area contributed by atoms with Crippen LogP contribution in [0.15, 0.2) is 10.6 Å². The number of hydrogen-bond acceptors (Lipinski definition) is 5. The Morgan fingerprint density at radius 2 is 2.31 bits per heavy atom. The van der Waals surface area contributed by atoms with Crippen molar-refractivity contribution in [1.29, 1.82) is 0 Å². The van der Waals surface area contributed by atoms with Crippen molar-refractivity contribution in [1.82, 2.24) is 10.5 Å². The molecule has 0 unspecified atom stereocenters. The topological polar surface area (TPSA) is 104 Å². The van der Waals surface area contributed by atoms with Crippen molar-refractivity contribution in [3.63, 3.8) is 0 Å². The molecule has 3 N–H and O–H groups in total. The fourth-order valence-corrected chi connectivity index (χ4v) is 0.937. The predicted molar refractivity (Wildman–Crippen MR) is 55.0 cm³/mol. The Balaban J connectivity index is 2.34. The molecule has 0 saturated heterocycles. The van der Waals surface area contributed by atoms with Crippen molar-refractivity contribution in [3.05, 3.63) is 11.8 Å². The van der Waals surface area contributed by atoms with E-state index in [-0.39, 0.29) is 18.3 Å². The molecule has 1 aromatic rings. The molecule has 1 aromatic heterocycles. The summed E-state index contributed by atoms with van der Waals surface area (Å²) < 4.78 is 4.76. The van der Waals surface area contributed by atoms with E-state index >= 15 is 0 Å². The molecule has 0 fully saturated rings. The second-order valence-corrected chi connectivity index (χ2v) is 3.32. The molecular weight excluding hydrogens is 214 g/mol. The number of carboxylic acids is 1. The van der Waals surface area contributed by atoms with E-state index in [4.69, 9.17) is 9.63 Å². The SMILES string of the molecule is Cc1cc(NC(=O)CN[C@@H](C)C(=O)O)on1. The summed E-state index contributed by atoms with van der Waals surface area (Å²) in [6.45, 7) is 3.07. The Bertz CT molecular complexity index is 388. The maximum atomic E-state index is 11.3. The summed E-state index contributed by atoms with van der Waals surface area (Å²) >= 11 is 0. The summed E-state index contributed by atoms with van der Waals surface area (Å²) in [6, 6.07) is 0.792. The number of nitrogens with one attached hydrogen (secondary N) is 2. The first-order valence-corrected chi connectivity index (χ1v) is 4.68. The monoisotopic (exact) mass is 227 g/mol. The van der Waals surface area contributed by atoms with E-state index < -0.39 is 12.0 Å². The van der Waals surface area contributed by atoms with Gasteiger partial charge in [-0.3, -0.25) is 20.2 Å². The highest BCUT2D eigenvalue weighted by molar-refractivity contribution is 5.91. The highest BCUT2D eigenvalue weighted by atomic mass is 16.5. The van der Waals surface area contributed by atoms with Crippen LogP contribution in [0, 0.1) is 6.92 Å². The minimum atomic E-state index is -1.01. The fraction of sp³-hybridized carbons (Fsp3) is 0.444. The van der Waals surface area contributed by atoms with Crippen LogP contribution in [-0.4, -0.2) is 34.7 Å². The first-order valence-electron chi connectivity index (χ1n) is 4.68. The van der Waals surface area contributed by atoms with Crippen molar-refractivity contribution in [2.24, 2.45) is 0 Å². The van der Waals surface area contributed by atoms with Gasteiger partial charge in [-0.2, -0.15) is 0 Å². The molecule has 1 rings (SSSR count). The molecule has 7 nitrogen and oxygen atoms in total. The Morgan fingerprint density at radius 1 is 1.62 bits per heavy atom. The average Bonchev–Trinajstić information content (AvgIpc) is 2.60. The van der Waals surface area contributed by atoms with Crippen LogP contribution >= 0.6 is 0 Å². The highest BCUT2D eigenvalue weighted by Crippen LogP contribution is 2.07. The third-order valence-corrected chi connectivity index (χ3v) is 1.83. The second-order valence-electron chi connectivity index (χ2n) is 3.32. The van der Waals surface area contributed by atoms with Gasteiger partial charge < -0.3 is 9.63 Å². The van der Waals surface area contributed by atoms with Gasteiger partial charge in [-0.1, -0.05) is 5.16 Å². The van der Waals surface area contributed by atoms with Gasteiger partial charge in [-0.15, -0.1) is 0 Å². The Hall–Kier alpha value is -1.89. The molecule has 88 valence electrons. The molecular formula is C9H13N3O4. The number of amides is 1. The molecule has 0 bridgehead atoms. The molecule has 0 saturated carbocycles. The standard InChI is InChI=1S/C9H13N3O4/c1-5-3-8(16-12-5)11-7(13)4-10-6(2)9(14)15/h3,6,10H,4H2,1-2H3,(H,11,13)(H,14,15)/t6-/m0/s1. The van der Waals surface area contributed by atoms with Gasteiger partial charge in [0.2, 0.25) is 11.8 Å². The lowest BCUT2D eigenvalue weighted by molar-refractivity contribution is -0.139. The first-order chi connectivity index (χ1) is 7.49. The fourth-order valence-electron chi connectivity index (χ4n) is 0.937. The van der Waals surface area contributed by atoms with E-state index in [2.05, 4.69) is 15.8 Å². The zero-order valence-electron chi connectivity index (χ0n) is 8.98. The third kappa shape index (κ3) is 3.70. The van der Waals surface area contributed by atoms with E-state index in [0.29, 0.717) is 5.69 Å². The van der Waals surface area contributed by atoms with Crippen molar-refractivity contribution >= 4 is 17.8 Å². The van der Waals surface area contributed by atoms with Gasteiger partial charge in [0.25, 0.3) is 0 Å². The number of carboxylic acid groups (broad SMARTS) is 1. The number of carbonyl (C=O) groups is 2. The average molecular weight is 227 g/mol. The van der Waals surface area contributed by atoms with Gasteiger partial charge in [-0.05, 0) is 13.8 Å². The maximum Gasteiger partial charge on any atom is 0.320 e.